The smallest absolute Gasteiger partial charge is 0.264 e. The summed E-state index contributed by atoms with van der Waals surface area (Å²) in [7, 11) is 0. The zero-order chi connectivity index (χ0) is 20.2. The van der Waals surface area contributed by atoms with Gasteiger partial charge in [-0.1, -0.05) is 54.2 Å². The molecule has 29 heavy (non-hydrogen) atoms. The predicted octanol–water partition coefficient (Wildman–Crippen LogP) is 5.56. The number of aromatic amines is 1. The quantitative estimate of drug-likeness (QED) is 0.611. The Bertz CT molecular complexity index is 1080. The second-order valence-corrected chi connectivity index (χ2v) is 9.08. The number of nitrogens with one attached hydrogen (secondary N) is 1. The summed E-state index contributed by atoms with van der Waals surface area (Å²) in [6.07, 6.45) is 1.75. The lowest BCUT2D eigenvalue weighted by Crippen LogP contribution is -2.42. The highest BCUT2D eigenvalue weighted by molar-refractivity contribution is 8.09. The Balaban J connectivity index is 1.52. The number of aromatic nitrogens is 2. The molecule has 0 bridgehead atoms. The number of nitrogens with zero attached hydrogens (tertiary/aromatic N) is 3. The van der Waals surface area contributed by atoms with Crippen LogP contribution in [0.5, 0.6) is 0 Å². The Hall–Kier alpha value is -2.38. The molecule has 1 aromatic heterocycles. The molecule has 0 aliphatic carbocycles. The molecule has 0 radical (unpaired) electrons. The largest absolute Gasteiger partial charge is 0.341 e. The molecule has 7 heteroatoms. The van der Waals surface area contributed by atoms with Crippen LogP contribution in [0.15, 0.2) is 54.7 Å². The summed E-state index contributed by atoms with van der Waals surface area (Å²) >= 11 is 1.69. The van der Waals surface area contributed by atoms with Crippen LogP contribution in [-0.4, -0.2) is 37.8 Å². The normalized spacial score (nSPS) is 24.4. The Labute approximate surface area is 172 Å². The van der Waals surface area contributed by atoms with Crippen molar-refractivity contribution in [2.24, 2.45) is 0 Å². The first kappa shape index (κ1) is 18.6. The highest BCUT2D eigenvalue weighted by Gasteiger charge is 2.50. The van der Waals surface area contributed by atoms with Gasteiger partial charge in [-0.25, -0.2) is 18.8 Å². The van der Waals surface area contributed by atoms with E-state index >= 15 is 0 Å². The van der Waals surface area contributed by atoms with Crippen molar-refractivity contribution in [2.45, 2.75) is 37.6 Å². The number of halogens is 2. The van der Waals surface area contributed by atoms with Gasteiger partial charge in [0.1, 0.15) is 5.82 Å². The third-order valence-corrected chi connectivity index (χ3v) is 6.72. The number of thioether (sulfide) groups is 1. The van der Waals surface area contributed by atoms with Crippen LogP contribution < -0.4 is 0 Å². The van der Waals surface area contributed by atoms with Crippen molar-refractivity contribution < 1.29 is 8.78 Å². The van der Waals surface area contributed by atoms with Gasteiger partial charge >= 0.3 is 0 Å². The minimum Gasteiger partial charge on any atom is -0.341 e. The van der Waals surface area contributed by atoms with E-state index in [9.17, 15) is 8.78 Å². The van der Waals surface area contributed by atoms with Crippen LogP contribution >= 0.6 is 11.8 Å². The van der Waals surface area contributed by atoms with Gasteiger partial charge in [-0.2, -0.15) is 0 Å². The zero-order valence-electron chi connectivity index (χ0n) is 16.3. The second kappa shape index (κ2) is 6.85. The van der Waals surface area contributed by atoms with Crippen LogP contribution in [0.2, 0.25) is 0 Å². The van der Waals surface area contributed by atoms with Gasteiger partial charge in [-0.15, -0.1) is 0 Å². The van der Waals surface area contributed by atoms with Gasteiger partial charge in [0.15, 0.2) is 0 Å². The number of benzene rings is 2. The van der Waals surface area contributed by atoms with E-state index in [2.05, 4.69) is 4.98 Å². The molecule has 2 aromatic carbocycles. The molecule has 1 unspecified atom stereocenters. The van der Waals surface area contributed by atoms with Crippen LogP contribution in [0, 0.1) is 6.92 Å². The molecule has 3 heterocycles. The zero-order valence-corrected chi connectivity index (χ0v) is 17.1. The monoisotopic (exact) mass is 412 g/mol. The van der Waals surface area contributed by atoms with Crippen LogP contribution in [0.4, 0.5) is 8.78 Å². The van der Waals surface area contributed by atoms with Gasteiger partial charge in [0.2, 0.25) is 0 Å². The van der Waals surface area contributed by atoms with Crippen LogP contribution in [0.25, 0.3) is 15.9 Å². The van der Waals surface area contributed by atoms with Gasteiger partial charge in [0.25, 0.3) is 5.92 Å². The maximum Gasteiger partial charge on any atom is 0.264 e. The Morgan fingerprint density at radius 1 is 1.14 bits per heavy atom. The summed E-state index contributed by atoms with van der Waals surface area (Å²) < 4.78 is 29.1. The summed E-state index contributed by atoms with van der Waals surface area (Å²) in [5.41, 5.74) is 3.88. The van der Waals surface area contributed by atoms with E-state index in [0.29, 0.717) is 5.82 Å². The van der Waals surface area contributed by atoms with Crippen molar-refractivity contribution in [2.75, 3.05) is 6.54 Å². The standard InChI is InChI=1S/C22H22F2N4S/c1-14-7-6-10-17-20(14)26-21(25-17)18-11-22(23,24)13-28(18)27-12-19(29-15(27)2)16-8-4-3-5-9-16/h3-10,12,15,18H,11,13H2,1-2H3,(H,25,26)/t15?,18-/m0/s1. The molecule has 1 fully saturated rings. The molecule has 0 saturated carbocycles. The van der Waals surface area contributed by atoms with E-state index in [1.54, 1.807) is 16.8 Å². The first-order valence-corrected chi connectivity index (χ1v) is 10.6. The molecular weight excluding hydrogens is 390 g/mol. The van der Waals surface area contributed by atoms with Crippen LogP contribution in [-0.2, 0) is 0 Å². The molecule has 0 amide bonds. The van der Waals surface area contributed by atoms with E-state index in [1.165, 1.54) is 0 Å². The molecule has 2 aliphatic rings. The number of imidazole rings is 1. The van der Waals surface area contributed by atoms with Crippen LogP contribution in [0.1, 0.15) is 36.3 Å². The second-order valence-electron chi connectivity index (χ2n) is 7.72. The maximum atomic E-state index is 14.5. The van der Waals surface area contributed by atoms with Gasteiger partial charge in [-0.05, 0) is 31.0 Å². The Kier molecular flexibility index (Phi) is 4.40. The van der Waals surface area contributed by atoms with Crippen molar-refractivity contribution in [1.29, 1.82) is 0 Å². The lowest BCUT2D eigenvalue weighted by atomic mass is 10.2. The molecule has 2 aliphatic heterocycles. The fourth-order valence-electron chi connectivity index (χ4n) is 4.15. The van der Waals surface area contributed by atoms with E-state index in [0.717, 1.165) is 27.1 Å². The first-order chi connectivity index (χ1) is 13.9. The molecule has 5 rings (SSSR count). The number of hydrazine groups is 1. The number of rotatable bonds is 3. The highest BCUT2D eigenvalue weighted by Crippen LogP contribution is 2.47. The maximum absolute atomic E-state index is 14.5. The van der Waals surface area contributed by atoms with E-state index < -0.39 is 12.0 Å². The van der Waals surface area contributed by atoms with Crippen LogP contribution in [0.3, 0.4) is 0 Å². The van der Waals surface area contributed by atoms with Crippen molar-refractivity contribution in [3.8, 4) is 0 Å². The third kappa shape index (κ3) is 3.32. The minimum atomic E-state index is -2.76. The molecule has 1 saturated heterocycles. The Morgan fingerprint density at radius 2 is 1.93 bits per heavy atom. The SMILES string of the molecule is Cc1cccc2[nH]c([C@@H]3CC(F)(F)CN3N3C=C(c4ccccc4)SC3C)nc12. The average Bonchev–Trinajstić information content (AvgIpc) is 3.37. The number of para-hydroxylation sites is 1. The number of alkyl halides is 2. The molecule has 3 aromatic rings. The fourth-order valence-corrected chi connectivity index (χ4v) is 5.25. The highest BCUT2D eigenvalue weighted by atomic mass is 32.2. The van der Waals surface area contributed by atoms with Crippen molar-refractivity contribution in [1.82, 2.24) is 20.0 Å². The Morgan fingerprint density at radius 3 is 2.69 bits per heavy atom. The van der Waals surface area contributed by atoms with Gasteiger partial charge in [0.05, 0.1) is 29.0 Å². The van der Waals surface area contributed by atoms with E-state index in [4.69, 9.17) is 4.98 Å². The summed E-state index contributed by atoms with van der Waals surface area (Å²) in [6, 6.07) is 15.5. The fraction of sp³-hybridized carbons (Fsp3) is 0.318. The lowest BCUT2D eigenvalue weighted by molar-refractivity contribution is -0.0375. The van der Waals surface area contributed by atoms with Gasteiger partial charge in [-0.3, -0.25) is 5.01 Å². The number of aryl methyl sites for hydroxylation is 1. The van der Waals surface area contributed by atoms with Gasteiger partial charge in [0, 0.05) is 17.5 Å². The number of fused-ring (bicyclic) bond motifs is 1. The van der Waals surface area contributed by atoms with E-state index in [-0.39, 0.29) is 18.3 Å². The molecule has 2 atom stereocenters. The van der Waals surface area contributed by atoms with Crippen molar-refractivity contribution in [3.05, 3.63) is 71.7 Å². The summed E-state index contributed by atoms with van der Waals surface area (Å²) in [6.45, 7) is 3.73. The topological polar surface area (TPSA) is 35.2 Å². The van der Waals surface area contributed by atoms with Crippen molar-refractivity contribution >= 4 is 27.7 Å². The molecule has 0 spiro atoms. The van der Waals surface area contributed by atoms with Crippen molar-refractivity contribution in [3.63, 3.8) is 0 Å². The average molecular weight is 413 g/mol. The predicted molar refractivity (Wildman–Crippen MR) is 113 cm³/mol. The third-order valence-electron chi connectivity index (χ3n) is 5.57. The summed E-state index contributed by atoms with van der Waals surface area (Å²) in [5, 5.41) is 3.77. The number of H-pyrrole nitrogens is 1. The minimum absolute atomic E-state index is 0.0349. The van der Waals surface area contributed by atoms with E-state index in [1.807, 2.05) is 73.6 Å². The number of hydrogen-bond acceptors (Lipinski definition) is 4. The molecule has 1 N–H and O–H groups in total. The van der Waals surface area contributed by atoms with Gasteiger partial charge < -0.3 is 4.98 Å². The molecule has 150 valence electrons. The summed E-state index contributed by atoms with van der Waals surface area (Å²) in [4.78, 5) is 9.08. The molecular formula is C22H22F2N4S. The number of hydrogen-bond donors (Lipinski definition) is 1. The summed E-state index contributed by atoms with van der Waals surface area (Å²) in [5.74, 6) is -2.16. The first-order valence-electron chi connectivity index (χ1n) is 9.73. The molecule has 4 nitrogen and oxygen atoms in total. The lowest BCUT2D eigenvalue weighted by Gasteiger charge is -2.34.